The standard InChI is InChI=1S/C16H16I3NO5S/c1-26(23,24)20-15(21)10-3-8-2-7(10)4-11(8)16(22)25-14-12(18)5-9(17)6-13(14)19/h5-8,10-11H,2-4H2,1H3,(H,20,21). The topological polar surface area (TPSA) is 89.5 Å². The summed E-state index contributed by atoms with van der Waals surface area (Å²) in [6.45, 7) is 0. The summed E-state index contributed by atoms with van der Waals surface area (Å²) in [5.41, 5.74) is 0. The van der Waals surface area contributed by atoms with Gasteiger partial charge < -0.3 is 4.74 Å². The van der Waals surface area contributed by atoms with E-state index in [2.05, 4.69) is 72.5 Å². The van der Waals surface area contributed by atoms with E-state index in [0.29, 0.717) is 18.6 Å². The molecule has 4 unspecified atom stereocenters. The summed E-state index contributed by atoms with van der Waals surface area (Å²) < 4.78 is 33.1. The molecule has 0 aliphatic heterocycles. The highest BCUT2D eigenvalue weighted by molar-refractivity contribution is 14.1. The number of fused-ring (bicyclic) bond motifs is 2. The number of hydrogen-bond donors (Lipinski definition) is 1. The van der Waals surface area contributed by atoms with Gasteiger partial charge in [-0.3, -0.25) is 14.3 Å². The van der Waals surface area contributed by atoms with Gasteiger partial charge in [-0.25, -0.2) is 8.42 Å². The van der Waals surface area contributed by atoms with Gasteiger partial charge >= 0.3 is 5.97 Å². The largest absolute Gasteiger partial charge is 0.424 e. The van der Waals surface area contributed by atoms with Crippen LogP contribution < -0.4 is 9.46 Å². The van der Waals surface area contributed by atoms with Crippen LogP contribution in [0.1, 0.15) is 19.3 Å². The summed E-state index contributed by atoms with van der Waals surface area (Å²) in [7, 11) is -3.55. The van der Waals surface area contributed by atoms with Gasteiger partial charge in [0.05, 0.1) is 19.3 Å². The fourth-order valence-electron chi connectivity index (χ4n) is 3.95. The average molecular weight is 715 g/mol. The fourth-order valence-corrected chi connectivity index (χ4v) is 8.27. The first-order valence-electron chi connectivity index (χ1n) is 7.93. The van der Waals surface area contributed by atoms with Crippen LogP contribution in [0.4, 0.5) is 0 Å². The summed E-state index contributed by atoms with van der Waals surface area (Å²) in [6, 6.07) is 3.91. The Morgan fingerprint density at radius 3 is 2.08 bits per heavy atom. The number of halogens is 3. The Labute approximate surface area is 193 Å². The molecule has 3 rings (SSSR count). The van der Waals surface area contributed by atoms with Crippen LogP contribution in [0.2, 0.25) is 0 Å². The van der Waals surface area contributed by atoms with Crippen molar-refractivity contribution in [1.29, 1.82) is 0 Å². The smallest absolute Gasteiger partial charge is 0.314 e. The fraction of sp³-hybridized carbons (Fsp3) is 0.500. The molecule has 10 heteroatoms. The molecule has 2 fully saturated rings. The molecule has 0 aromatic heterocycles. The molecule has 2 saturated carbocycles. The number of carbonyl (C=O) groups is 2. The van der Waals surface area contributed by atoms with Crippen molar-refractivity contribution in [1.82, 2.24) is 4.72 Å². The van der Waals surface area contributed by atoms with Gasteiger partial charge in [0.2, 0.25) is 15.9 Å². The number of sulfonamides is 1. The van der Waals surface area contributed by atoms with Crippen molar-refractivity contribution in [2.75, 3.05) is 6.26 Å². The lowest BCUT2D eigenvalue weighted by molar-refractivity contribution is -0.142. The second-order valence-electron chi connectivity index (χ2n) is 6.80. The molecule has 142 valence electrons. The van der Waals surface area contributed by atoms with Crippen LogP contribution in [0.25, 0.3) is 0 Å². The predicted octanol–water partition coefficient (Wildman–Crippen LogP) is 3.14. The third kappa shape index (κ3) is 4.64. The van der Waals surface area contributed by atoms with Gasteiger partial charge in [0, 0.05) is 9.49 Å². The van der Waals surface area contributed by atoms with E-state index in [0.717, 1.165) is 23.4 Å². The summed E-state index contributed by atoms with van der Waals surface area (Å²) in [5.74, 6) is -0.572. The molecular formula is C16H16I3NO5S. The summed E-state index contributed by atoms with van der Waals surface area (Å²) in [5, 5.41) is 0. The zero-order valence-corrected chi connectivity index (χ0v) is 21.0. The van der Waals surface area contributed by atoms with E-state index in [4.69, 9.17) is 4.74 Å². The summed E-state index contributed by atoms with van der Waals surface area (Å²) in [6.07, 6.45) is 2.85. The maximum Gasteiger partial charge on any atom is 0.314 e. The van der Waals surface area contributed by atoms with Crippen molar-refractivity contribution in [2.24, 2.45) is 23.7 Å². The molecule has 2 aliphatic rings. The van der Waals surface area contributed by atoms with Gasteiger partial charge in [0.1, 0.15) is 0 Å². The lowest BCUT2D eigenvalue weighted by atomic mass is 9.82. The van der Waals surface area contributed by atoms with Gasteiger partial charge in [-0.2, -0.15) is 0 Å². The van der Waals surface area contributed by atoms with Crippen LogP contribution in [0.3, 0.4) is 0 Å². The van der Waals surface area contributed by atoms with E-state index < -0.39 is 15.9 Å². The number of esters is 1. The first-order valence-corrected chi connectivity index (χ1v) is 13.1. The van der Waals surface area contributed by atoms with Gasteiger partial charge in [-0.05, 0) is 111 Å². The molecule has 0 saturated heterocycles. The first-order chi connectivity index (χ1) is 12.0. The average Bonchev–Trinajstić information content (AvgIpc) is 3.09. The first kappa shape index (κ1) is 21.0. The third-order valence-corrected chi connectivity index (χ3v) is 7.75. The molecular weight excluding hydrogens is 699 g/mol. The monoisotopic (exact) mass is 715 g/mol. The van der Waals surface area contributed by atoms with Gasteiger partial charge in [0.15, 0.2) is 5.75 Å². The van der Waals surface area contributed by atoms with Crippen molar-refractivity contribution >= 4 is 89.7 Å². The number of benzene rings is 1. The van der Waals surface area contributed by atoms with Gasteiger partial charge in [0.25, 0.3) is 0 Å². The Hall–Kier alpha value is 0.300. The van der Waals surface area contributed by atoms with Crippen molar-refractivity contribution < 1.29 is 22.7 Å². The van der Waals surface area contributed by atoms with E-state index in [1.165, 1.54) is 0 Å². The van der Waals surface area contributed by atoms with E-state index in [-0.39, 0.29) is 29.6 Å². The van der Waals surface area contributed by atoms with Crippen molar-refractivity contribution in [3.8, 4) is 5.75 Å². The predicted molar refractivity (Wildman–Crippen MR) is 121 cm³/mol. The zero-order valence-electron chi connectivity index (χ0n) is 13.7. The molecule has 1 aromatic carbocycles. The van der Waals surface area contributed by atoms with Crippen LogP contribution in [0.15, 0.2) is 12.1 Å². The van der Waals surface area contributed by atoms with Crippen molar-refractivity contribution in [3.05, 3.63) is 22.8 Å². The van der Waals surface area contributed by atoms with Crippen LogP contribution in [-0.2, 0) is 19.6 Å². The quantitative estimate of drug-likeness (QED) is 0.294. The highest BCUT2D eigenvalue weighted by Gasteiger charge is 2.51. The molecule has 26 heavy (non-hydrogen) atoms. The Bertz CT molecular complexity index is 850. The highest BCUT2D eigenvalue weighted by atomic mass is 127. The van der Waals surface area contributed by atoms with Crippen molar-refractivity contribution in [2.45, 2.75) is 19.3 Å². The minimum atomic E-state index is -3.55. The summed E-state index contributed by atoms with van der Waals surface area (Å²) >= 11 is 6.54. The lowest BCUT2D eigenvalue weighted by Crippen LogP contribution is -2.39. The number of ether oxygens (including phenoxy) is 1. The van der Waals surface area contributed by atoms with E-state index in [1.807, 2.05) is 12.1 Å². The third-order valence-electron chi connectivity index (χ3n) is 4.95. The molecule has 2 aliphatic carbocycles. The van der Waals surface area contributed by atoms with E-state index in [9.17, 15) is 18.0 Å². The second-order valence-corrected chi connectivity index (χ2v) is 12.1. The van der Waals surface area contributed by atoms with Crippen LogP contribution in [-0.4, -0.2) is 26.6 Å². The van der Waals surface area contributed by atoms with E-state index >= 15 is 0 Å². The SMILES string of the molecule is CS(=O)(=O)NC(=O)C1CC2CC1CC2C(=O)Oc1c(I)cc(I)cc1I. The number of rotatable bonds is 4. The maximum absolute atomic E-state index is 12.7. The Kier molecular flexibility index (Phi) is 6.44. The minimum absolute atomic E-state index is 0.0363. The van der Waals surface area contributed by atoms with Crippen LogP contribution in [0.5, 0.6) is 5.75 Å². The Morgan fingerprint density at radius 2 is 1.58 bits per heavy atom. The number of nitrogens with one attached hydrogen (secondary N) is 1. The van der Waals surface area contributed by atoms with Gasteiger partial charge in [-0.1, -0.05) is 0 Å². The molecule has 0 heterocycles. The summed E-state index contributed by atoms with van der Waals surface area (Å²) in [4.78, 5) is 24.8. The Balaban J connectivity index is 1.66. The van der Waals surface area contributed by atoms with E-state index in [1.54, 1.807) is 0 Å². The number of amides is 1. The molecule has 6 nitrogen and oxygen atoms in total. The molecule has 1 amide bonds. The molecule has 2 bridgehead atoms. The normalized spacial score (nSPS) is 27.4. The Morgan fingerprint density at radius 1 is 1.04 bits per heavy atom. The minimum Gasteiger partial charge on any atom is -0.424 e. The molecule has 0 radical (unpaired) electrons. The lowest BCUT2D eigenvalue weighted by Gasteiger charge is -2.26. The molecule has 0 spiro atoms. The van der Waals surface area contributed by atoms with Gasteiger partial charge in [-0.15, -0.1) is 0 Å². The van der Waals surface area contributed by atoms with Crippen LogP contribution in [0, 0.1) is 34.4 Å². The number of carbonyl (C=O) groups excluding carboxylic acids is 2. The van der Waals surface area contributed by atoms with Crippen LogP contribution >= 0.6 is 67.8 Å². The number of hydrogen-bond acceptors (Lipinski definition) is 5. The highest BCUT2D eigenvalue weighted by Crippen LogP contribution is 2.52. The zero-order chi connectivity index (χ0) is 19.2. The molecule has 1 aromatic rings. The maximum atomic E-state index is 12.7. The molecule has 4 atom stereocenters. The molecule has 1 N–H and O–H groups in total. The second kappa shape index (κ2) is 7.97. The van der Waals surface area contributed by atoms with Crippen molar-refractivity contribution in [3.63, 3.8) is 0 Å².